The van der Waals surface area contributed by atoms with E-state index in [2.05, 4.69) is 59.1 Å². The number of amides is 4. The molecule has 1 rings (SSSR count). The van der Waals surface area contributed by atoms with Crippen LogP contribution in [0.4, 0.5) is 0 Å². The van der Waals surface area contributed by atoms with Crippen molar-refractivity contribution in [3.05, 3.63) is 24.3 Å². The summed E-state index contributed by atoms with van der Waals surface area (Å²) in [5.41, 5.74) is 5.84. The molecule has 1 heterocycles. The van der Waals surface area contributed by atoms with Crippen LogP contribution in [0.15, 0.2) is 29.3 Å². The second-order valence-electron chi connectivity index (χ2n) is 17.4. The standard InChI is InChI=1S/C50H92N6O4/c1-4-6-8-10-12-14-16-18-20-22-24-26-28-30-32-36-47(57)54-43-46(50(60)53-39-38-52-42-45-35-34-40-56(45)49(59)41-44(3)51)55-48(58)37-33-31-29-27-25-23-21-19-17-15-13-11-9-7-5-2/h18-21,42,44-46H,4-17,22-41,43,51H2,1-3H3,(H,53,60)(H,54,57)(H,55,58)/b20-18-,21-19-,52-42-. The van der Waals surface area contributed by atoms with Crippen LogP contribution >= 0.6 is 0 Å². The summed E-state index contributed by atoms with van der Waals surface area (Å²) >= 11 is 0. The number of nitrogens with zero attached hydrogens (tertiary/aromatic N) is 2. The fourth-order valence-electron chi connectivity index (χ4n) is 7.71. The molecule has 0 spiro atoms. The molecular formula is C50H92N6O4. The van der Waals surface area contributed by atoms with Gasteiger partial charge in [0.05, 0.1) is 12.6 Å². The van der Waals surface area contributed by atoms with Crippen molar-refractivity contribution in [2.45, 2.75) is 238 Å². The first kappa shape index (κ1) is 55.0. The van der Waals surface area contributed by atoms with E-state index in [1.54, 1.807) is 6.21 Å². The highest BCUT2D eigenvalue weighted by Crippen LogP contribution is 2.17. The van der Waals surface area contributed by atoms with Gasteiger partial charge in [-0.2, -0.15) is 0 Å². The van der Waals surface area contributed by atoms with E-state index in [1.165, 1.54) is 109 Å². The Morgan fingerprint density at radius 3 is 1.62 bits per heavy atom. The van der Waals surface area contributed by atoms with Crippen LogP contribution in [0.3, 0.4) is 0 Å². The zero-order valence-corrected chi connectivity index (χ0v) is 39.0. The van der Waals surface area contributed by atoms with Crippen molar-refractivity contribution >= 4 is 29.8 Å². The monoisotopic (exact) mass is 841 g/mol. The fraction of sp³-hybridized carbons (Fsp3) is 0.820. The molecule has 5 N–H and O–H groups in total. The lowest BCUT2D eigenvalue weighted by Crippen LogP contribution is -2.53. The van der Waals surface area contributed by atoms with Crippen LogP contribution in [0, 0.1) is 0 Å². The smallest absolute Gasteiger partial charge is 0.244 e. The largest absolute Gasteiger partial charge is 0.353 e. The molecule has 1 fully saturated rings. The van der Waals surface area contributed by atoms with Gasteiger partial charge in [-0.05, 0) is 84.0 Å². The zero-order valence-electron chi connectivity index (χ0n) is 39.0. The summed E-state index contributed by atoms with van der Waals surface area (Å²) < 4.78 is 0. The minimum Gasteiger partial charge on any atom is -0.353 e. The van der Waals surface area contributed by atoms with Crippen molar-refractivity contribution in [1.82, 2.24) is 20.9 Å². The van der Waals surface area contributed by atoms with Crippen LogP contribution in [0.5, 0.6) is 0 Å². The molecule has 10 nitrogen and oxygen atoms in total. The van der Waals surface area contributed by atoms with Crippen LogP contribution in [-0.2, 0) is 19.2 Å². The summed E-state index contributed by atoms with van der Waals surface area (Å²) in [7, 11) is 0. The molecule has 1 aliphatic heterocycles. The number of aliphatic imine (C=N–C) groups is 1. The third kappa shape index (κ3) is 32.7. The highest BCUT2D eigenvalue weighted by atomic mass is 16.2. The topological polar surface area (TPSA) is 146 Å². The number of carbonyl (C=O) groups is 4. The molecule has 1 aliphatic rings. The van der Waals surface area contributed by atoms with E-state index in [1.807, 2.05) is 11.8 Å². The van der Waals surface area contributed by atoms with Gasteiger partial charge >= 0.3 is 0 Å². The molecule has 0 aromatic heterocycles. The Morgan fingerprint density at radius 1 is 0.650 bits per heavy atom. The zero-order chi connectivity index (χ0) is 43.7. The number of allylic oxidation sites excluding steroid dienone is 4. The Bertz CT molecular complexity index is 1170. The third-order valence-electron chi connectivity index (χ3n) is 11.4. The Hall–Kier alpha value is -3.01. The normalized spacial score (nSPS) is 15.3. The first-order valence-electron chi connectivity index (χ1n) is 25.0. The highest BCUT2D eigenvalue weighted by Gasteiger charge is 2.27. The van der Waals surface area contributed by atoms with Crippen molar-refractivity contribution in [2.24, 2.45) is 10.7 Å². The summed E-state index contributed by atoms with van der Waals surface area (Å²) in [4.78, 5) is 57.9. The van der Waals surface area contributed by atoms with Crippen LogP contribution in [0.1, 0.15) is 220 Å². The number of unbranched alkanes of at least 4 members (excludes halogenated alkanes) is 22. The SMILES string of the molecule is CCCCCCCC/C=C\CCCCCCCC(=O)NCC(NC(=O)CCCCCCC/C=C\CCCCCCCC)C(=O)NCC/N=C\C1CCCN1C(=O)CC(C)N. The number of likely N-dealkylation sites (tertiary alicyclic amines) is 1. The van der Waals surface area contributed by atoms with Gasteiger partial charge in [0.25, 0.3) is 0 Å². The average molecular weight is 841 g/mol. The molecule has 1 saturated heterocycles. The molecule has 3 unspecified atom stereocenters. The number of nitrogens with one attached hydrogen (secondary N) is 3. The van der Waals surface area contributed by atoms with Gasteiger partial charge in [-0.1, -0.05) is 141 Å². The molecule has 60 heavy (non-hydrogen) atoms. The molecule has 0 radical (unpaired) electrons. The summed E-state index contributed by atoms with van der Waals surface area (Å²) in [5, 5.41) is 8.69. The summed E-state index contributed by atoms with van der Waals surface area (Å²) in [6.07, 6.45) is 45.1. The van der Waals surface area contributed by atoms with Gasteiger partial charge < -0.3 is 26.6 Å². The number of carbonyl (C=O) groups excluding carboxylic acids is 4. The lowest BCUT2D eigenvalue weighted by Gasteiger charge is -2.22. The fourth-order valence-corrected chi connectivity index (χ4v) is 7.71. The van der Waals surface area contributed by atoms with Crippen molar-refractivity contribution in [2.75, 3.05) is 26.2 Å². The molecule has 3 atom stereocenters. The van der Waals surface area contributed by atoms with E-state index in [0.717, 1.165) is 70.6 Å². The van der Waals surface area contributed by atoms with Gasteiger partial charge in [0.1, 0.15) is 6.04 Å². The Morgan fingerprint density at radius 2 is 1.12 bits per heavy atom. The molecule has 346 valence electrons. The van der Waals surface area contributed by atoms with E-state index < -0.39 is 6.04 Å². The highest BCUT2D eigenvalue weighted by molar-refractivity contribution is 5.88. The maximum Gasteiger partial charge on any atom is 0.244 e. The molecule has 0 bridgehead atoms. The van der Waals surface area contributed by atoms with Gasteiger partial charge in [0.2, 0.25) is 23.6 Å². The Kier molecular flexibility index (Phi) is 36.7. The lowest BCUT2D eigenvalue weighted by atomic mass is 10.1. The van der Waals surface area contributed by atoms with Crippen molar-refractivity contribution in [1.29, 1.82) is 0 Å². The van der Waals surface area contributed by atoms with Crippen molar-refractivity contribution in [3.63, 3.8) is 0 Å². The molecule has 0 aromatic rings. The van der Waals surface area contributed by atoms with Crippen LogP contribution in [0.2, 0.25) is 0 Å². The summed E-state index contributed by atoms with van der Waals surface area (Å²) in [6.45, 7) is 7.75. The van der Waals surface area contributed by atoms with E-state index >= 15 is 0 Å². The van der Waals surface area contributed by atoms with Gasteiger partial charge in [0.15, 0.2) is 0 Å². The maximum atomic E-state index is 13.3. The van der Waals surface area contributed by atoms with Crippen LogP contribution < -0.4 is 21.7 Å². The third-order valence-corrected chi connectivity index (χ3v) is 11.4. The molecule has 10 heteroatoms. The van der Waals surface area contributed by atoms with Crippen LogP contribution in [-0.4, -0.2) is 79.0 Å². The predicted octanol–water partition coefficient (Wildman–Crippen LogP) is 10.6. The predicted molar refractivity (Wildman–Crippen MR) is 253 cm³/mol. The quantitative estimate of drug-likeness (QED) is 0.0276. The first-order chi connectivity index (χ1) is 29.3. The number of rotatable bonds is 40. The van der Waals surface area contributed by atoms with Gasteiger partial charge in [-0.25, -0.2) is 0 Å². The minimum absolute atomic E-state index is 0.0481. The van der Waals surface area contributed by atoms with E-state index in [-0.39, 0.29) is 42.3 Å². The van der Waals surface area contributed by atoms with E-state index in [9.17, 15) is 19.2 Å². The van der Waals surface area contributed by atoms with Crippen molar-refractivity contribution in [3.8, 4) is 0 Å². The Balaban J connectivity index is 2.42. The number of hydrogen-bond donors (Lipinski definition) is 4. The minimum atomic E-state index is -0.858. The van der Waals surface area contributed by atoms with E-state index in [4.69, 9.17) is 5.73 Å². The van der Waals surface area contributed by atoms with Gasteiger partial charge in [0, 0.05) is 51.2 Å². The van der Waals surface area contributed by atoms with Gasteiger partial charge in [-0.3, -0.25) is 24.2 Å². The lowest BCUT2D eigenvalue weighted by molar-refractivity contribution is -0.131. The van der Waals surface area contributed by atoms with Crippen molar-refractivity contribution < 1.29 is 19.2 Å². The molecular weight excluding hydrogens is 749 g/mol. The van der Waals surface area contributed by atoms with Crippen LogP contribution in [0.25, 0.3) is 0 Å². The second-order valence-corrected chi connectivity index (χ2v) is 17.4. The maximum absolute atomic E-state index is 13.3. The summed E-state index contributed by atoms with van der Waals surface area (Å²) in [6, 6.07) is -1.09. The molecule has 4 amide bonds. The molecule has 0 aliphatic carbocycles. The number of nitrogens with two attached hydrogens (primary N) is 1. The molecule has 0 saturated carbocycles. The average Bonchev–Trinajstić information content (AvgIpc) is 3.70. The second kappa shape index (κ2) is 40.1. The van der Waals surface area contributed by atoms with Gasteiger partial charge in [-0.15, -0.1) is 0 Å². The van der Waals surface area contributed by atoms with E-state index in [0.29, 0.717) is 38.9 Å². The molecule has 0 aromatic carbocycles. The number of hydrogen-bond acceptors (Lipinski definition) is 6. The first-order valence-corrected chi connectivity index (χ1v) is 25.0. The summed E-state index contributed by atoms with van der Waals surface area (Å²) in [5.74, 6) is -0.553. The Labute approximate surface area is 368 Å².